The van der Waals surface area contributed by atoms with Crippen LogP contribution in [-0.4, -0.2) is 11.3 Å². The third-order valence-electron chi connectivity index (χ3n) is 1.65. The fourth-order valence-electron chi connectivity index (χ4n) is 0.964. The maximum absolute atomic E-state index is 12.0. The van der Waals surface area contributed by atoms with Gasteiger partial charge in [0.2, 0.25) is 0 Å². The SMILES string of the molecule is Cc1c(OC(F)(F)F)cc(I)nc1CBr. The van der Waals surface area contributed by atoms with E-state index in [9.17, 15) is 13.2 Å². The molecule has 1 rings (SSSR count). The molecule has 0 aliphatic rings. The van der Waals surface area contributed by atoms with Crippen molar-refractivity contribution in [2.24, 2.45) is 0 Å². The maximum Gasteiger partial charge on any atom is 0.573 e. The van der Waals surface area contributed by atoms with Crippen LogP contribution in [0.25, 0.3) is 0 Å². The molecule has 0 aliphatic carbocycles. The van der Waals surface area contributed by atoms with Gasteiger partial charge in [0, 0.05) is 17.0 Å². The Balaban J connectivity index is 3.12. The predicted octanol–water partition coefficient (Wildman–Crippen LogP) is 3.79. The Morgan fingerprint density at radius 1 is 1.53 bits per heavy atom. The van der Waals surface area contributed by atoms with Crippen molar-refractivity contribution in [2.75, 3.05) is 0 Å². The van der Waals surface area contributed by atoms with E-state index in [0.29, 0.717) is 20.3 Å². The summed E-state index contributed by atoms with van der Waals surface area (Å²) in [4.78, 5) is 4.07. The first-order valence-electron chi connectivity index (χ1n) is 3.81. The van der Waals surface area contributed by atoms with Crippen LogP contribution in [-0.2, 0) is 5.33 Å². The van der Waals surface area contributed by atoms with Crippen LogP contribution in [0.4, 0.5) is 13.2 Å². The summed E-state index contributed by atoms with van der Waals surface area (Å²) < 4.78 is 40.5. The minimum absolute atomic E-state index is 0.198. The summed E-state index contributed by atoms with van der Waals surface area (Å²) in [5.74, 6) is -0.198. The van der Waals surface area contributed by atoms with Crippen LogP contribution in [0.15, 0.2) is 6.07 Å². The molecule has 0 unspecified atom stereocenters. The zero-order valence-electron chi connectivity index (χ0n) is 7.53. The van der Waals surface area contributed by atoms with E-state index in [-0.39, 0.29) is 5.75 Å². The van der Waals surface area contributed by atoms with Crippen molar-refractivity contribution < 1.29 is 17.9 Å². The molecule has 0 amide bonds. The number of aromatic nitrogens is 1. The molecule has 0 radical (unpaired) electrons. The highest BCUT2D eigenvalue weighted by atomic mass is 127. The average Bonchev–Trinajstić information content (AvgIpc) is 2.08. The van der Waals surface area contributed by atoms with Gasteiger partial charge in [-0.05, 0) is 29.5 Å². The Morgan fingerprint density at radius 3 is 2.60 bits per heavy atom. The molecule has 0 saturated carbocycles. The smallest absolute Gasteiger partial charge is 0.405 e. The first-order valence-corrected chi connectivity index (χ1v) is 6.01. The molecular formula is C8H6BrF3INO. The highest BCUT2D eigenvalue weighted by Crippen LogP contribution is 2.29. The molecular weight excluding hydrogens is 390 g/mol. The van der Waals surface area contributed by atoms with Crippen LogP contribution in [0.1, 0.15) is 11.3 Å². The van der Waals surface area contributed by atoms with Gasteiger partial charge in [-0.15, -0.1) is 13.2 Å². The number of ether oxygens (including phenoxy) is 1. The molecule has 0 saturated heterocycles. The molecule has 0 aromatic carbocycles. The Kier molecular flexibility index (Phi) is 4.21. The Morgan fingerprint density at radius 2 is 2.13 bits per heavy atom. The lowest BCUT2D eigenvalue weighted by molar-refractivity contribution is -0.274. The molecule has 0 spiro atoms. The number of rotatable bonds is 2. The number of hydrogen-bond donors (Lipinski definition) is 0. The fourth-order valence-corrected chi connectivity index (χ4v) is 2.08. The summed E-state index contributed by atoms with van der Waals surface area (Å²) >= 11 is 5.00. The zero-order chi connectivity index (χ0) is 11.6. The molecule has 15 heavy (non-hydrogen) atoms. The van der Waals surface area contributed by atoms with E-state index >= 15 is 0 Å². The van der Waals surface area contributed by atoms with Crippen LogP contribution in [0, 0.1) is 10.6 Å². The first-order chi connectivity index (χ1) is 6.83. The van der Waals surface area contributed by atoms with Crippen molar-refractivity contribution in [3.8, 4) is 5.75 Å². The minimum Gasteiger partial charge on any atom is -0.405 e. The van der Waals surface area contributed by atoms with E-state index in [1.165, 1.54) is 6.07 Å². The average molecular weight is 396 g/mol. The van der Waals surface area contributed by atoms with Gasteiger partial charge in [0.15, 0.2) is 0 Å². The van der Waals surface area contributed by atoms with Crippen LogP contribution < -0.4 is 4.74 Å². The van der Waals surface area contributed by atoms with Crippen LogP contribution in [0.2, 0.25) is 0 Å². The molecule has 1 aromatic rings. The number of hydrogen-bond acceptors (Lipinski definition) is 2. The number of pyridine rings is 1. The lowest BCUT2D eigenvalue weighted by atomic mass is 10.2. The van der Waals surface area contributed by atoms with Crippen molar-refractivity contribution in [1.29, 1.82) is 0 Å². The van der Waals surface area contributed by atoms with E-state index < -0.39 is 6.36 Å². The van der Waals surface area contributed by atoms with E-state index in [1.807, 2.05) is 22.6 Å². The van der Waals surface area contributed by atoms with Crippen molar-refractivity contribution in [3.05, 3.63) is 21.0 Å². The lowest BCUT2D eigenvalue weighted by Gasteiger charge is -2.13. The summed E-state index contributed by atoms with van der Waals surface area (Å²) in [6, 6.07) is 1.26. The van der Waals surface area contributed by atoms with Gasteiger partial charge in [0.1, 0.15) is 9.45 Å². The van der Waals surface area contributed by atoms with E-state index in [4.69, 9.17) is 0 Å². The Bertz CT molecular complexity index is 370. The van der Waals surface area contributed by atoms with Gasteiger partial charge in [0.25, 0.3) is 0 Å². The number of nitrogens with zero attached hydrogens (tertiary/aromatic N) is 1. The molecule has 1 heterocycles. The second-order valence-corrected chi connectivity index (χ2v) is 4.36. The van der Waals surface area contributed by atoms with E-state index in [0.717, 1.165) is 0 Å². The third kappa shape index (κ3) is 3.78. The molecule has 0 aliphatic heterocycles. The highest BCUT2D eigenvalue weighted by Gasteiger charge is 2.32. The molecule has 0 fully saturated rings. The van der Waals surface area contributed by atoms with Gasteiger partial charge in [0.05, 0.1) is 5.69 Å². The summed E-state index contributed by atoms with van der Waals surface area (Å²) in [5.41, 5.74) is 0.936. The van der Waals surface area contributed by atoms with Gasteiger partial charge in [-0.3, -0.25) is 0 Å². The summed E-state index contributed by atoms with van der Waals surface area (Å²) in [6.45, 7) is 1.54. The molecule has 1 aromatic heterocycles. The number of halogens is 5. The molecule has 84 valence electrons. The molecule has 2 nitrogen and oxygen atoms in total. The second-order valence-electron chi connectivity index (χ2n) is 2.70. The van der Waals surface area contributed by atoms with Crippen LogP contribution in [0.5, 0.6) is 5.75 Å². The quantitative estimate of drug-likeness (QED) is 0.432. The van der Waals surface area contributed by atoms with Gasteiger partial charge in [-0.2, -0.15) is 0 Å². The summed E-state index contributed by atoms with van der Waals surface area (Å²) in [5, 5.41) is 0.393. The van der Waals surface area contributed by atoms with Gasteiger partial charge < -0.3 is 4.74 Å². The highest BCUT2D eigenvalue weighted by molar-refractivity contribution is 14.1. The standard InChI is InChI=1S/C8H6BrF3INO/c1-4-5(3-9)14-7(13)2-6(4)15-8(10,11)12/h2H,3H2,1H3. The maximum atomic E-state index is 12.0. The van der Waals surface area contributed by atoms with E-state index in [2.05, 4.69) is 25.7 Å². The van der Waals surface area contributed by atoms with Crippen molar-refractivity contribution in [2.45, 2.75) is 18.6 Å². The van der Waals surface area contributed by atoms with Crippen LogP contribution in [0.3, 0.4) is 0 Å². The molecule has 0 bridgehead atoms. The normalized spacial score (nSPS) is 11.6. The summed E-state index contributed by atoms with van der Waals surface area (Å²) in [6.07, 6.45) is -4.67. The third-order valence-corrected chi connectivity index (χ3v) is 2.73. The summed E-state index contributed by atoms with van der Waals surface area (Å²) in [7, 11) is 0. The van der Waals surface area contributed by atoms with Crippen molar-refractivity contribution in [1.82, 2.24) is 4.98 Å². The van der Waals surface area contributed by atoms with Gasteiger partial charge in [-0.1, -0.05) is 15.9 Å². The zero-order valence-corrected chi connectivity index (χ0v) is 11.3. The topological polar surface area (TPSA) is 22.1 Å². The Hall–Kier alpha value is -0.0500. The monoisotopic (exact) mass is 395 g/mol. The fraction of sp³-hybridized carbons (Fsp3) is 0.375. The minimum atomic E-state index is -4.67. The van der Waals surface area contributed by atoms with Crippen LogP contribution >= 0.6 is 38.5 Å². The molecule has 0 atom stereocenters. The molecule has 7 heteroatoms. The second kappa shape index (κ2) is 4.86. The number of alkyl halides is 4. The largest absolute Gasteiger partial charge is 0.573 e. The Labute approximate surface area is 106 Å². The first kappa shape index (κ1) is 13.0. The van der Waals surface area contributed by atoms with Gasteiger partial charge >= 0.3 is 6.36 Å². The van der Waals surface area contributed by atoms with Crippen molar-refractivity contribution >= 4 is 38.5 Å². The van der Waals surface area contributed by atoms with Crippen molar-refractivity contribution in [3.63, 3.8) is 0 Å². The van der Waals surface area contributed by atoms with E-state index in [1.54, 1.807) is 6.92 Å². The molecule has 0 N–H and O–H groups in total. The van der Waals surface area contributed by atoms with Gasteiger partial charge in [-0.25, -0.2) is 4.98 Å². The predicted molar refractivity (Wildman–Crippen MR) is 61.0 cm³/mol. The lowest BCUT2D eigenvalue weighted by Crippen LogP contribution is -2.18.